The molecule has 1 fully saturated rings. The van der Waals surface area contributed by atoms with Crippen molar-refractivity contribution in [2.45, 2.75) is 19.9 Å². The van der Waals surface area contributed by atoms with Crippen molar-refractivity contribution < 1.29 is 4.79 Å². The third-order valence-corrected chi connectivity index (χ3v) is 4.47. The lowest BCUT2D eigenvalue weighted by molar-refractivity contribution is 0.0755. The molecule has 1 aromatic heterocycles. The van der Waals surface area contributed by atoms with E-state index in [1.165, 1.54) is 5.56 Å². The summed E-state index contributed by atoms with van der Waals surface area (Å²) in [5, 5.41) is 8.88. The lowest BCUT2D eigenvalue weighted by atomic mass is 10.1. The molecule has 1 amide bonds. The number of hydrogen-bond donors (Lipinski definition) is 0. The summed E-state index contributed by atoms with van der Waals surface area (Å²) in [5.74, 6) is 0.0175. The Morgan fingerprint density at radius 1 is 1.12 bits per heavy atom. The Balaban J connectivity index is 1.60. The van der Waals surface area contributed by atoms with Crippen molar-refractivity contribution in [3.05, 3.63) is 65.0 Å². The minimum absolute atomic E-state index is 0.0175. The highest BCUT2D eigenvalue weighted by Gasteiger charge is 2.21. The van der Waals surface area contributed by atoms with Crippen LogP contribution in [0.2, 0.25) is 0 Å². The van der Waals surface area contributed by atoms with Crippen molar-refractivity contribution in [3.63, 3.8) is 0 Å². The molecule has 1 aliphatic heterocycles. The lowest BCUT2D eigenvalue weighted by Crippen LogP contribution is -2.35. The lowest BCUT2D eigenvalue weighted by Gasteiger charge is -2.22. The molecule has 2 aromatic rings. The molecule has 0 bridgehead atoms. The van der Waals surface area contributed by atoms with E-state index in [1.54, 1.807) is 6.07 Å². The fraction of sp³-hybridized carbons (Fsp3) is 0.350. The molecule has 0 spiro atoms. The van der Waals surface area contributed by atoms with Gasteiger partial charge in [-0.25, -0.2) is 4.98 Å². The molecule has 0 atom stereocenters. The van der Waals surface area contributed by atoms with Gasteiger partial charge < -0.3 is 4.90 Å². The number of benzene rings is 1. The summed E-state index contributed by atoms with van der Waals surface area (Å²) in [4.78, 5) is 21.3. The minimum atomic E-state index is 0.0175. The molecule has 128 valence electrons. The Kier molecular flexibility index (Phi) is 5.42. The summed E-state index contributed by atoms with van der Waals surface area (Å²) >= 11 is 0. The van der Waals surface area contributed by atoms with Crippen molar-refractivity contribution in [1.29, 1.82) is 5.26 Å². The number of carbonyl (C=O) groups excluding carboxylic acids is 1. The fourth-order valence-electron chi connectivity index (χ4n) is 3.10. The molecule has 1 saturated heterocycles. The number of rotatable bonds is 3. The van der Waals surface area contributed by atoms with Crippen molar-refractivity contribution in [3.8, 4) is 6.07 Å². The van der Waals surface area contributed by atoms with E-state index in [1.807, 2.05) is 48.2 Å². The average Bonchev–Trinajstić information content (AvgIpc) is 2.87. The topological polar surface area (TPSA) is 60.2 Å². The first-order valence-electron chi connectivity index (χ1n) is 8.60. The smallest absolute Gasteiger partial charge is 0.272 e. The summed E-state index contributed by atoms with van der Waals surface area (Å²) in [6.45, 7) is 6.03. The van der Waals surface area contributed by atoms with E-state index in [9.17, 15) is 4.79 Å². The summed E-state index contributed by atoms with van der Waals surface area (Å²) in [5.41, 5.74) is 3.27. The van der Waals surface area contributed by atoms with E-state index >= 15 is 0 Å². The summed E-state index contributed by atoms with van der Waals surface area (Å²) < 4.78 is 0. The molecule has 0 radical (unpaired) electrons. The highest BCUT2D eigenvalue weighted by atomic mass is 16.2. The molecule has 0 saturated carbocycles. The SMILES string of the molecule is Cc1cccc(C(=O)N2CCCN(Cc3ccc(C#N)cc3)CC2)n1. The van der Waals surface area contributed by atoms with E-state index in [4.69, 9.17) is 5.26 Å². The number of hydrogen-bond acceptors (Lipinski definition) is 4. The maximum absolute atomic E-state index is 12.7. The maximum Gasteiger partial charge on any atom is 0.272 e. The molecular weight excluding hydrogens is 312 g/mol. The first-order valence-corrected chi connectivity index (χ1v) is 8.60. The molecule has 0 unspecified atom stereocenters. The van der Waals surface area contributed by atoms with Crippen LogP contribution in [0.15, 0.2) is 42.5 Å². The monoisotopic (exact) mass is 334 g/mol. The van der Waals surface area contributed by atoms with Gasteiger partial charge in [-0.2, -0.15) is 5.26 Å². The first-order chi connectivity index (χ1) is 12.2. The van der Waals surface area contributed by atoms with Crippen molar-refractivity contribution >= 4 is 5.91 Å². The van der Waals surface area contributed by atoms with Crippen LogP contribution in [-0.4, -0.2) is 46.9 Å². The predicted octanol–water partition coefficient (Wildman–Crippen LogP) is 2.61. The molecule has 1 aliphatic rings. The van der Waals surface area contributed by atoms with Crippen LogP contribution in [0.25, 0.3) is 0 Å². The van der Waals surface area contributed by atoms with Gasteiger partial charge in [0.25, 0.3) is 5.91 Å². The van der Waals surface area contributed by atoms with Crippen LogP contribution < -0.4 is 0 Å². The zero-order valence-electron chi connectivity index (χ0n) is 14.5. The Bertz CT molecular complexity index is 779. The predicted molar refractivity (Wildman–Crippen MR) is 95.9 cm³/mol. The van der Waals surface area contributed by atoms with Gasteiger partial charge in [0.2, 0.25) is 0 Å². The quantitative estimate of drug-likeness (QED) is 0.866. The number of nitrogens with zero attached hydrogens (tertiary/aromatic N) is 4. The van der Waals surface area contributed by atoms with Crippen molar-refractivity contribution in [2.24, 2.45) is 0 Å². The van der Waals surface area contributed by atoms with Crippen LogP contribution in [0.5, 0.6) is 0 Å². The largest absolute Gasteiger partial charge is 0.336 e. The van der Waals surface area contributed by atoms with Gasteiger partial charge in [0, 0.05) is 38.4 Å². The molecule has 5 heteroatoms. The molecule has 2 heterocycles. The average molecular weight is 334 g/mol. The zero-order chi connectivity index (χ0) is 17.6. The number of nitriles is 1. The van der Waals surface area contributed by atoms with Crippen LogP contribution in [0.4, 0.5) is 0 Å². The van der Waals surface area contributed by atoms with Gasteiger partial charge in [-0.1, -0.05) is 18.2 Å². The van der Waals surface area contributed by atoms with Gasteiger partial charge in [0.1, 0.15) is 5.69 Å². The third kappa shape index (κ3) is 4.43. The van der Waals surface area contributed by atoms with Gasteiger partial charge in [-0.15, -0.1) is 0 Å². The molecule has 1 aromatic carbocycles. The summed E-state index contributed by atoms with van der Waals surface area (Å²) in [6.07, 6.45) is 0.952. The molecule has 0 aliphatic carbocycles. The molecular formula is C20H22N4O. The third-order valence-electron chi connectivity index (χ3n) is 4.47. The van der Waals surface area contributed by atoms with Gasteiger partial charge in [0.15, 0.2) is 0 Å². The number of pyridine rings is 1. The van der Waals surface area contributed by atoms with Crippen molar-refractivity contribution in [1.82, 2.24) is 14.8 Å². The Morgan fingerprint density at radius 2 is 1.92 bits per heavy atom. The highest BCUT2D eigenvalue weighted by molar-refractivity contribution is 5.92. The standard InChI is InChI=1S/C20H22N4O/c1-16-4-2-5-19(22-16)20(25)24-11-3-10-23(12-13-24)15-18-8-6-17(14-21)7-9-18/h2,4-9H,3,10-13,15H2,1H3. The maximum atomic E-state index is 12.7. The van der Waals surface area contributed by atoms with Gasteiger partial charge in [-0.3, -0.25) is 9.69 Å². The van der Waals surface area contributed by atoms with Crippen LogP contribution >= 0.6 is 0 Å². The van der Waals surface area contributed by atoms with Gasteiger partial charge >= 0.3 is 0 Å². The molecule has 5 nitrogen and oxygen atoms in total. The van der Waals surface area contributed by atoms with Gasteiger partial charge in [-0.05, 0) is 43.2 Å². The Morgan fingerprint density at radius 3 is 2.64 bits per heavy atom. The van der Waals surface area contributed by atoms with Crippen LogP contribution in [-0.2, 0) is 6.54 Å². The van der Waals surface area contributed by atoms with Gasteiger partial charge in [0.05, 0.1) is 11.6 Å². The molecule has 25 heavy (non-hydrogen) atoms. The van der Waals surface area contributed by atoms with E-state index in [0.717, 1.165) is 38.3 Å². The van der Waals surface area contributed by atoms with Crippen LogP contribution in [0.1, 0.15) is 33.7 Å². The summed E-state index contributed by atoms with van der Waals surface area (Å²) in [6, 6.07) is 15.4. The number of carbonyl (C=O) groups is 1. The summed E-state index contributed by atoms with van der Waals surface area (Å²) in [7, 11) is 0. The van der Waals surface area contributed by atoms with Crippen molar-refractivity contribution in [2.75, 3.05) is 26.2 Å². The second-order valence-electron chi connectivity index (χ2n) is 6.39. The second kappa shape index (κ2) is 7.91. The number of amides is 1. The number of aryl methyl sites for hydroxylation is 1. The van der Waals surface area contributed by atoms with Crippen LogP contribution in [0.3, 0.4) is 0 Å². The van der Waals surface area contributed by atoms with E-state index in [0.29, 0.717) is 17.8 Å². The Labute approximate surface area is 148 Å². The fourth-order valence-corrected chi connectivity index (χ4v) is 3.10. The van der Waals surface area contributed by atoms with E-state index < -0.39 is 0 Å². The molecule has 0 N–H and O–H groups in total. The highest BCUT2D eigenvalue weighted by Crippen LogP contribution is 2.12. The second-order valence-corrected chi connectivity index (χ2v) is 6.39. The minimum Gasteiger partial charge on any atom is -0.336 e. The first kappa shape index (κ1) is 17.1. The normalized spacial score (nSPS) is 15.4. The van der Waals surface area contributed by atoms with Crippen LogP contribution in [0, 0.1) is 18.3 Å². The molecule has 3 rings (SSSR count). The zero-order valence-corrected chi connectivity index (χ0v) is 14.5. The van der Waals surface area contributed by atoms with E-state index in [2.05, 4.69) is 16.0 Å². The Hall–Kier alpha value is -2.71. The number of aromatic nitrogens is 1. The van der Waals surface area contributed by atoms with E-state index in [-0.39, 0.29) is 5.91 Å².